The second-order valence-corrected chi connectivity index (χ2v) is 7.26. The smallest absolute Gasteiger partial charge is 0.361 e. The molecule has 134 valence electrons. The normalized spacial score (nSPS) is 29.7. The molecule has 3 saturated carbocycles. The Balaban J connectivity index is 1.66. The van der Waals surface area contributed by atoms with Gasteiger partial charge in [0.25, 0.3) is 0 Å². The molecule has 1 heterocycles. The van der Waals surface area contributed by atoms with Gasteiger partial charge in [-0.2, -0.15) is 13.2 Å². The van der Waals surface area contributed by atoms with E-state index in [1.54, 1.807) is 6.92 Å². The average molecular weight is 344 g/mol. The molecule has 0 aromatic carbocycles. The minimum Gasteiger partial charge on any atom is -0.361 e. The van der Waals surface area contributed by atoms with Crippen LogP contribution in [0.1, 0.15) is 62.5 Å². The Morgan fingerprint density at radius 2 is 1.79 bits per heavy atom. The SMILES string of the molecule is CCc1noc(C)c1CNC(=O)C12CCC(C(F)(F)F)(CC1)CC2. The van der Waals surface area contributed by atoms with Crippen LogP contribution >= 0.6 is 0 Å². The van der Waals surface area contributed by atoms with Crippen LogP contribution in [0.25, 0.3) is 0 Å². The summed E-state index contributed by atoms with van der Waals surface area (Å²) < 4.78 is 45.0. The van der Waals surface area contributed by atoms with Crippen molar-refractivity contribution >= 4 is 5.91 Å². The summed E-state index contributed by atoms with van der Waals surface area (Å²) in [7, 11) is 0. The Bertz CT molecular complexity index is 612. The Hall–Kier alpha value is -1.53. The fourth-order valence-electron chi connectivity index (χ4n) is 4.25. The maximum atomic E-state index is 13.3. The number of hydrogen-bond donors (Lipinski definition) is 1. The highest BCUT2D eigenvalue weighted by atomic mass is 19.4. The number of carbonyl (C=O) groups is 1. The van der Waals surface area contributed by atoms with E-state index in [0.717, 1.165) is 11.3 Å². The van der Waals surface area contributed by atoms with Crippen LogP contribution in [0.4, 0.5) is 13.2 Å². The van der Waals surface area contributed by atoms with E-state index in [9.17, 15) is 18.0 Å². The summed E-state index contributed by atoms with van der Waals surface area (Å²) in [6, 6.07) is 0. The van der Waals surface area contributed by atoms with Gasteiger partial charge < -0.3 is 9.84 Å². The van der Waals surface area contributed by atoms with Crippen molar-refractivity contribution in [2.75, 3.05) is 0 Å². The zero-order valence-corrected chi connectivity index (χ0v) is 14.1. The Morgan fingerprint density at radius 1 is 1.21 bits per heavy atom. The summed E-state index contributed by atoms with van der Waals surface area (Å²) in [5.41, 5.74) is -0.507. The largest absolute Gasteiger partial charge is 0.394 e. The van der Waals surface area contributed by atoms with Crippen molar-refractivity contribution in [2.45, 2.75) is 71.5 Å². The van der Waals surface area contributed by atoms with E-state index in [1.165, 1.54) is 0 Å². The highest BCUT2D eigenvalue weighted by Crippen LogP contribution is 2.62. The number of hydrogen-bond acceptors (Lipinski definition) is 3. The molecule has 0 aliphatic heterocycles. The lowest BCUT2D eigenvalue weighted by Gasteiger charge is -2.52. The number of halogens is 3. The molecule has 0 unspecified atom stereocenters. The van der Waals surface area contributed by atoms with Crippen LogP contribution in [0.5, 0.6) is 0 Å². The van der Waals surface area contributed by atoms with Crippen LogP contribution in [-0.2, 0) is 17.8 Å². The summed E-state index contributed by atoms with van der Waals surface area (Å²) in [4.78, 5) is 12.7. The molecule has 7 heteroatoms. The van der Waals surface area contributed by atoms with Gasteiger partial charge in [-0.25, -0.2) is 0 Å². The minimum absolute atomic E-state index is 0.0659. The molecule has 0 radical (unpaired) electrons. The lowest BCUT2D eigenvalue weighted by molar-refractivity contribution is -0.258. The van der Waals surface area contributed by atoms with Crippen molar-refractivity contribution in [1.82, 2.24) is 10.5 Å². The first-order chi connectivity index (χ1) is 11.2. The summed E-state index contributed by atoms with van der Waals surface area (Å²) in [5.74, 6) is 0.550. The Labute approximate surface area is 139 Å². The van der Waals surface area contributed by atoms with Gasteiger partial charge in [-0.1, -0.05) is 12.1 Å². The topological polar surface area (TPSA) is 55.1 Å². The maximum Gasteiger partial charge on any atom is 0.394 e. The molecule has 4 rings (SSSR count). The molecule has 0 saturated heterocycles. The molecule has 3 aliphatic rings. The second-order valence-electron chi connectivity index (χ2n) is 7.26. The van der Waals surface area contributed by atoms with Gasteiger partial charge in [0.05, 0.1) is 11.1 Å². The zero-order valence-electron chi connectivity index (χ0n) is 14.1. The summed E-state index contributed by atoms with van der Waals surface area (Å²) in [5, 5.41) is 6.87. The minimum atomic E-state index is -4.16. The van der Waals surface area contributed by atoms with Gasteiger partial charge in [0.15, 0.2) is 0 Å². The third-order valence-electron chi connectivity index (χ3n) is 6.16. The molecule has 24 heavy (non-hydrogen) atoms. The number of carbonyl (C=O) groups excluding carboxylic acids is 1. The van der Waals surface area contributed by atoms with Gasteiger partial charge in [-0.05, 0) is 51.9 Å². The molecule has 3 aliphatic carbocycles. The van der Waals surface area contributed by atoms with Gasteiger partial charge in [-0.3, -0.25) is 4.79 Å². The standard InChI is InChI=1S/C17H23F3N2O2/c1-3-13-12(11(2)24-22-13)10-21-14(23)15-4-7-16(8-5-15,9-6-15)17(18,19)20/h3-10H2,1-2H3,(H,21,23). The quantitative estimate of drug-likeness (QED) is 0.896. The van der Waals surface area contributed by atoms with E-state index in [4.69, 9.17) is 4.52 Å². The number of alkyl halides is 3. The van der Waals surface area contributed by atoms with E-state index < -0.39 is 17.0 Å². The Kier molecular flexibility index (Phi) is 4.16. The number of fused-ring (bicyclic) bond motifs is 3. The highest BCUT2D eigenvalue weighted by Gasteiger charge is 2.62. The molecule has 4 nitrogen and oxygen atoms in total. The lowest BCUT2D eigenvalue weighted by atomic mass is 9.53. The molecule has 1 aromatic rings. The van der Waals surface area contributed by atoms with E-state index in [0.29, 0.717) is 38.0 Å². The molecular formula is C17H23F3N2O2. The number of rotatable bonds is 4. The van der Waals surface area contributed by atoms with Crippen molar-refractivity contribution in [3.05, 3.63) is 17.0 Å². The predicted molar refractivity (Wildman–Crippen MR) is 81.1 cm³/mol. The van der Waals surface area contributed by atoms with Crippen molar-refractivity contribution in [3.8, 4) is 0 Å². The Morgan fingerprint density at radius 3 is 2.29 bits per heavy atom. The molecule has 1 aromatic heterocycles. The van der Waals surface area contributed by atoms with Crippen molar-refractivity contribution in [2.24, 2.45) is 10.8 Å². The first-order valence-electron chi connectivity index (χ1n) is 8.52. The van der Waals surface area contributed by atoms with Gasteiger partial charge in [0.2, 0.25) is 5.91 Å². The number of nitrogens with one attached hydrogen (secondary N) is 1. The summed E-state index contributed by atoms with van der Waals surface area (Å²) >= 11 is 0. The van der Waals surface area contributed by atoms with E-state index in [-0.39, 0.29) is 25.2 Å². The van der Waals surface area contributed by atoms with Crippen molar-refractivity contribution < 1.29 is 22.5 Å². The predicted octanol–water partition coefficient (Wildman–Crippen LogP) is 4.06. The molecule has 2 bridgehead atoms. The molecule has 0 atom stereocenters. The molecule has 0 spiro atoms. The van der Waals surface area contributed by atoms with E-state index in [1.807, 2.05) is 6.92 Å². The van der Waals surface area contributed by atoms with Crippen molar-refractivity contribution in [3.63, 3.8) is 0 Å². The molecule has 3 fully saturated rings. The zero-order chi connectivity index (χ0) is 17.6. The second kappa shape index (κ2) is 5.77. The first-order valence-corrected chi connectivity index (χ1v) is 8.52. The first kappa shape index (κ1) is 17.3. The monoisotopic (exact) mass is 344 g/mol. The van der Waals surface area contributed by atoms with Gasteiger partial charge in [0, 0.05) is 17.5 Å². The number of nitrogens with zero attached hydrogens (tertiary/aromatic N) is 1. The number of aryl methyl sites for hydroxylation is 2. The van der Waals surface area contributed by atoms with Crippen LogP contribution in [-0.4, -0.2) is 17.2 Å². The van der Waals surface area contributed by atoms with Crippen LogP contribution in [0.2, 0.25) is 0 Å². The molecule has 1 N–H and O–H groups in total. The lowest BCUT2D eigenvalue weighted by Crippen LogP contribution is -2.54. The number of aromatic nitrogens is 1. The third-order valence-corrected chi connectivity index (χ3v) is 6.16. The highest BCUT2D eigenvalue weighted by molar-refractivity contribution is 5.83. The van der Waals surface area contributed by atoms with E-state index >= 15 is 0 Å². The van der Waals surface area contributed by atoms with Crippen molar-refractivity contribution in [1.29, 1.82) is 0 Å². The van der Waals surface area contributed by atoms with Crippen LogP contribution < -0.4 is 5.32 Å². The van der Waals surface area contributed by atoms with Gasteiger partial charge >= 0.3 is 6.18 Å². The average Bonchev–Trinajstić information content (AvgIpc) is 2.93. The summed E-state index contributed by atoms with van der Waals surface area (Å²) in [6.45, 7) is 4.08. The van der Waals surface area contributed by atoms with Crippen LogP contribution in [0, 0.1) is 17.8 Å². The van der Waals surface area contributed by atoms with E-state index in [2.05, 4.69) is 10.5 Å². The third kappa shape index (κ3) is 2.62. The van der Waals surface area contributed by atoms with Crippen LogP contribution in [0.15, 0.2) is 4.52 Å². The van der Waals surface area contributed by atoms with Gasteiger partial charge in [0.1, 0.15) is 5.76 Å². The fraction of sp³-hybridized carbons (Fsp3) is 0.765. The molecular weight excluding hydrogens is 321 g/mol. The van der Waals surface area contributed by atoms with Gasteiger partial charge in [-0.15, -0.1) is 0 Å². The summed E-state index contributed by atoms with van der Waals surface area (Å²) in [6.07, 6.45) is -2.29. The van der Waals surface area contributed by atoms with Crippen LogP contribution in [0.3, 0.4) is 0 Å². The fourth-order valence-corrected chi connectivity index (χ4v) is 4.25. The molecule has 1 amide bonds. The number of amides is 1. The maximum absolute atomic E-state index is 13.3.